The van der Waals surface area contributed by atoms with Gasteiger partial charge in [-0.1, -0.05) is 30.5 Å². The molecular weight excluding hydrogens is 298 g/mol. The fourth-order valence-electron chi connectivity index (χ4n) is 2.67. The molecule has 0 atom stereocenters. The number of hydrogen-bond donors (Lipinski definition) is 1. The Morgan fingerprint density at radius 3 is 2.60 bits per heavy atom. The lowest BCUT2D eigenvalue weighted by Gasteiger charge is -2.21. The van der Waals surface area contributed by atoms with Crippen LogP contribution in [0.4, 0.5) is 0 Å². The Morgan fingerprint density at radius 1 is 1.35 bits per heavy atom. The third-order valence-electron chi connectivity index (χ3n) is 3.86. The molecule has 4 nitrogen and oxygen atoms in total. The minimum Gasteiger partial charge on any atom is -0.392 e. The van der Waals surface area contributed by atoms with Crippen molar-refractivity contribution in [2.75, 3.05) is 13.6 Å². The molecule has 0 aliphatic heterocycles. The van der Waals surface area contributed by atoms with Gasteiger partial charge in [0.2, 0.25) is 10.0 Å². The number of aliphatic hydroxyl groups is 1. The maximum absolute atomic E-state index is 12.6. The van der Waals surface area contributed by atoms with Crippen LogP contribution in [0.2, 0.25) is 5.02 Å². The molecule has 20 heavy (non-hydrogen) atoms. The summed E-state index contributed by atoms with van der Waals surface area (Å²) in [6.07, 6.45) is 4.53. The molecule has 1 N–H and O–H groups in total. The number of benzene rings is 1. The molecule has 0 spiro atoms. The zero-order chi connectivity index (χ0) is 14.8. The van der Waals surface area contributed by atoms with Crippen LogP contribution >= 0.6 is 11.6 Å². The molecule has 1 aliphatic rings. The smallest absolute Gasteiger partial charge is 0.244 e. The monoisotopic (exact) mass is 317 g/mol. The van der Waals surface area contributed by atoms with Crippen LogP contribution in [0, 0.1) is 5.92 Å². The Morgan fingerprint density at radius 2 is 2.00 bits per heavy atom. The van der Waals surface area contributed by atoms with Gasteiger partial charge in [-0.3, -0.25) is 0 Å². The highest BCUT2D eigenvalue weighted by atomic mass is 35.5. The SMILES string of the molecule is CN(CC1CCCC1)S(=O)(=O)c1cc(CO)ccc1Cl. The summed E-state index contributed by atoms with van der Waals surface area (Å²) in [5.74, 6) is 0.439. The van der Waals surface area contributed by atoms with Crippen molar-refractivity contribution < 1.29 is 13.5 Å². The van der Waals surface area contributed by atoms with E-state index in [1.165, 1.54) is 29.3 Å². The minimum atomic E-state index is -3.60. The van der Waals surface area contributed by atoms with Crippen molar-refractivity contribution in [3.63, 3.8) is 0 Å². The van der Waals surface area contributed by atoms with Gasteiger partial charge in [0, 0.05) is 13.6 Å². The van der Waals surface area contributed by atoms with E-state index in [-0.39, 0.29) is 16.5 Å². The van der Waals surface area contributed by atoms with E-state index in [4.69, 9.17) is 16.7 Å². The molecule has 0 bridgehead atoms. The Labute approximate surface area is 125 Å². The molecule has 1 aliphatic carbocycles. The normalized spacial score (nSPS) is 17.0. The van der Waals surface area contributed by atoms with E-state index in [2.05, 4.69) is 0 Å². The summed E-state index contributed by atoms with van der Waals surface area (Å²) in [6.45, 7) is 0.327. The Bertz CT molecular complexity index is 568. The van der Waals surface area contributed by atoms with Gasteiger partial charge < -0.3 is 5.11 Å². The van der Waals surface area contributed by atoms with E-state index >= 15 is 0 Å². The van der Waals surface area contributed by atoms with Gasteiger partial charge in [0.1, 0.15) is 4.90 Å². The fraction of sp³-hybridized carbons (Fsp3) is 0.571. The first-order valence-corrected chi connectivity index (χ1v) is 8.62. The third kappa shape index (κ3) is 3.34. The molecule has 1 aromatic carbocycles. The zero-order valence-corrected chi connectivity index (χ0v) is 13.1. The van der Waals surface area contributed by atoms with Crippen molar-refractivity contribution in [2.24, 2.45) is 5.92 Å². The van der Waals surface area contributed by atoms with E-state index < -0.39 is 10.0 Å². The number of sulfonamides is 1. The van der Waals surface area contributed by atoms with Crippen LogP contribution in [0.1, 0.15) is 31.2 Å². The molecule has 0 unspecified atom stereocenters. The van der Waals surface area contributed by atoms with Gasteiger partial charge in [-0.15, -0.1) is 0 Å². The summed E-state index contributed by atoms with van der Waals surface area (Å²) in [4.78, 5) is 0.0752. The molecule has 0 radical (unpaired) electrons. The van der Waals surface area contributed by atoms with Crippen molar-refractivity contribution in [3.8, 4) is 0 Å². The van der Waals surface area contributed by atoms with Crippen molar-refractivity contribution in [3.05, 3.63) is 28.8 Å². The predicted molar refractivity (Wildman–Crippen MR) is 79.1 cm³/mol. The van der Waals surface area contributed by atoms with Crippen LogP contribution in [0.15, 0.2) is 23.1 Å². The van der Waals surface area contributed by atoms with Crippen LogP contribution in [-0.4, -0.2) is 31.4 Å². The number of rotatable bonds is 5. The van der Waals surface area contributed by atoms with Gasteiger partial charge in [0.25, 0.3) is 0 Å². The Balaban J connectivity index is 2.24. The second-order valence-electron chi connectivity index (χ2n) is 5.36. The van der Waals surface area contributed by atoms with Crippen molar-refractivity contribution in [1.29, 1.82) is 0 Å². The summed E-state index contributed by atoms with van der Waals surface area (Å²) >= 11 is 6.01. The molecule has 1 saturated carbocycles. The van der Waals surface area contributed by atoms with Gasteiger partial charge in [0.15, 0.2) is 0 Å². The van der Waals surface area contributed by atoms with Gasteiger partial charge in [-0.05, 0) is 36.5 Å². The van der Waals surface area contributed by atoms with E-state index in [9.17, 15) is 8.42 Å². The summed E-state index contributed by atoms with van der Waals surface area (Å²) in [5.41, 5.74) is 0.544. The highest BCUT2D eigenvalue weighted by molar-refractivity contribution is 7.89. The van der Waals surface area contributed by atoms with Crippen LogP contribution in [0.3, 0.4) is 0 Å². The van der Waals surface area contributed by atoms with Gasteiger partial charge >= 0.3 is 0 Å². The molecule has 6 heteroatoms. The first kappa shape index (κ1) is 15.8. The molecule has 112 valence electrons. The number of aliphatic hydroxyl groups excluding tert-OH is 1. The molecule has 1 aromatic rings. The van der Waals surface area contributed by atoms with E-state index in [0.717, 1.165) is 12.8 Å². The fourth-order valence-corrected chi connectivity index (χ4v) is 4.43. The first-order valence-electron chi connectivity index (χ1n) is 6.81. The lowest BCUT2D eigenvalue weighted by Crippen LogP contribution is -2.31. The van der Waals surface area contributed by atoms with E-state index in [1.54, 1.807) is 13.1 Å². The molecular formula is C14H20ClNO3S. The molecule has 0 heterocycles. The van der Waals surface area contributed by atoms with Crippen LogP contribution in [-0.2, 0) is 16.6 Å². The van der Waals surface area contributed by atoms with Gasteiger partial charge in [0.05, 0.1) is 11.6 Å². The maximum Gasteiger partial charge on any atom is 0.244 e. The number of hydrogen-bond acceptors (Lipinski definition) is 3. The zero-order valence-electron chi connectivity index (χ0n) is 11.5. The second-order valence-corrected chi connectivity index (χ2v) is 7.78. The quantitative estimate of drug-likeness (QED) is 0.908. The van der Waals surface area contributed by atoms with Crippen LogP contribution in [0.25, 0.3) is 0 Å². The van der Waals surface area contributed by atoms with Crippen molar-refractivity contribution >= 4 is 21.6 Å². The number of halogens is 1. The lowest BCUT2D eigenvalue weighted by molar-refractivity contribution is 0.281. The largest absolute Gasteiger partial charge is 0.392 e. The Hall–Kier alpha value is -0.620. The van der Waals surface area contributed by atoms with Gasteiger partial charge in [-0.25, -0.2) is 12.7 Å². The van der Waals surface area contributed by atoms with E-state index in [1.807, 2.05) is 0 Å². The topological polar surface area (TPSA) is 57.6 Å². The Kier molecular flexibility index (Phi) is 5.07. The first-order chi connectivity index (χ1) is 9.45. The predicted octanol–water partition coefficient (Wildman–Crippen LogP) is 2.64. The average Bonchev–Trinajstić information content (AvgIpc) is 2.92. The second kappa shape index (κ2) is 6.43. The van der Waals surface area contributed by atoms with Crippen LogP contribution in [0.5, 0.6) is 0 Å². The number of nitrogens with zero attached hydrogens (tertiary/aromatic N) is 1. The third-order valence-corrected chi connectivity index (χ3v) is 6.16. The summed E-state index contributed by atoms with van der Waals surface area (Å²) in [7, 11) is -2.01. The van der Waals surface area contributed by atoms with Gasteiger partial charge in [-0.2, -0.15) is 0 Å². The van der Waals surface area contributed by atoms with Crippen molar-refractivity contribution in [1.82, 2.24) is 4.31 Å². The molecule has 2 rings (SSSR count). The maximum atomic E-state index is 12.6. The minimum absolute atomic E-state index is 0.0752. The molecule has 0 aromatic heterocycles. The molecule has 0 saturated heterocycles. The standard InChI is InChI=1S/C14H20ClNO3S/c1-16(9-11-4-2-3-5-11)20(18,19)14-8-12(10-17)6-7-13(14)15/h6-8,11,17H,2-5,9-10H2,1H3. The molecule has 1 fully saturated rings. The van der Waals surface area contributed by atoms with Crippen LogP contribution < -0.4 is 0 Å². The summed E-state index contributed by atoms with van der Waals surface area (Å²) in [6, 6.07) is 4.59. The lowest BCUT2D eigenvalue weighted by atomic mass is 10.1. The summed E-state index contributed by atoms with van der Waals surface area (Å²) < 4.78 is 26.5. The van der Waals surface area contributed by atoms with Crippen molar-refractivity contribution in [2.45, 2.75) is 37.2 Å². The highest BCUT2D eigenvalue weighted by Gasteiger charge is 2.27. The van der Waals surface area contributed by atoms with E-state index in [0.29, 0.717) is 18.0 Å². The summed E-state index contributed by atoms with van der Waals surface area (Å²) in [5, 5.41) is 9.33. The average molecular weight is 318 g/mol. The molecule has 0 amide bonds. The highest BCUT2D eigenvalue weighted by Crippen LogP contribution is 2.29.